The molecule has 0 bridgehead atoms. The van der Waals surface area contributed by atoms with Gasteiger partial charge in [0.05, 0.1) is 22.6 Å². The molecule has 192 valence electrons. The number of hydrogen-bond donors (Lipinski definition) is 2. The molecule has 1 saturated heterocycles. The van der Waals surface area contributed by atoms with E-state index in [1.807, 2.05) is 47.8 Å². The Kier molecular flexibility index (Phi) is 7.31. The number of halogens is 1. The summed E-state index contributed by atoms with van der Waals surface area (Å²) >= 11 is 6.11. The smallest absolute Gasteiger partial charge is 0.257 e. The van der Waals surface area contributed by atoms with Crippen LogP contribution < -0.4 is 4.72 Å². The fourth-order valence-corrected chi connectivity index (χ4v) is 5.28. The number of aryl methyl sites for hydroxylation is 2. The molecule has 4 rings (SSSR count). The minimum Gasteiger partial charge on any atom is -0.390 e. The molecule has 9 nitrogen and oxygen atoms in total. The van der Waals surface area contributed by atoms with Crippen molar-refractivity contribution < 1.29 is 18.3 Å². The minimum atomic E-state index is -3.85. The Balaban J connectivity index is 1.45. The predicted molar refractivity (Wildman–Crippen MR) is 141 cm³/mol. The van der Waals surface area contributed by atoms with Crippen molar-refractivity contribution in [2.24, 2.45) is 7.05 Å². The molecular formula is C25H30ClN5O4S. The van der Waals surface area contributed by atoms with Crippen LogP contribution in [0.15, 0.2) is 48.8 Å². The first-order valence-electron chi connectivity index (χ1n) is 11.6. The second kappa shape index (κ2) is 10.1. The van der Waals surface area contributed by atoms with Crippen molar-refractivity contribution >= 4 is 44.5 Å². The van der Waals surface area contributed by atoms with Gasteiger partial charge in [0, 0.05) is 48.4 Å². The quantitative estimate of drug-likeness (QED) is 0.453. The lowest BCUT2D eigenvalue weighted by atomic mass is 9.94. The van der Waals surface area contributed by atoms with E-state index in [1.54, 1.807) is 29.9 Å². The van der Waals surface area contributed by atoms with E-state index >= 15 is 0 Å². The van der Waals surface area contributed by atoms with E-state index in [1.165, 1.54) is 12.2 Å². The maximum absolute atomic E-state index is 12.4. The summed E-state index contributed by atoms with van der Waals surface area (Å²) in [4.78, 5) is 14.4. The highest BCUT2D eigenvalue weighted by molar-refractivity contribution is 7.90. The summed E-state index contributed by atoms with van der Waals surface area (Å²) in [7, 11) is -2.04. The molecule has 1 aliphatic rings. The van der Waals surface area contributed by atoms with E-state index in [4.69, 9.17) is 11.6 Å². The number of carbonyl (C=O) groups excluding carboxylic acids is 1. The molecule has 0 spiro atoms. The highest BCUT2D eigenvalue weighted by Crippen LogP contribution is 2.27. The second-order valence-corrected chi connectivity index (χ2v) is 11.5. The molecular weight excluding hydrogens is 502 g/mol. The number of nitrogens with one attached hydrogen (secondary N) is 1. The van der Waals surface area contributed by atoms with Crippen molar-refractivity contribution in [3.8, 4) is 5.82 Å². The Morgan fingerprint density at radius 3 is 2.72 bits per heavy atom. The Bertz CT molecular complexity index is 1440. The zero-order valence-electron chi connectivity index (χ0n) is 20.5. The van der Waals surface area contributed by atoms with Crippen molar-refractivity contribution in [2.75, 3.05) is 18.8 Å². The van der Waals surface area contributed by atoms with Gasteiger partial charge in [-0.2, -0.15) is 5.10 Å². The van der Waals surface area contributed by atoms with Crippen LogP contribution in [-0.2, 0) is 21.9 Å². The molecule has 1 amide bonds. The fraction of sp³-hybridized carbons (Fsp3) is 0.360. The fourth-order valence-electron chi connectivity index (χ4n) is 4.30. The van der Waals surface area contributed by atoms with Crippen LogP contribution in [0.3, 0.4) is 0 Å². The lowest BCUT2D eigenvalue weighted by molar-refractivity contribution is -0.114. The van der Waals surface area contributed by atoms with Gasteiger partial charge in [-0.3, -0.25) is 9.48 Å². The van der Waals surface area contributed by atoms with Gasteiger partial charge in [-0.15, -0.1) is 0 Å². The maximum atomic E-state index is 12.4. The van der Waals surface area contributed by atoms with Gasteiger partial charge in [0.2, 0.25) is 10.0 Å². The summed E-state index contributed by atoms with van der Waals surface area (Å²) in [5.74, 6) is -0.329. The Hall–Kier alpha value is -3.08. The number of piperidine rings is 1. The van der Waals surface area contributed by atoms with Crippen molar-refractivity contribution in [1.29, 1.82) is 0 Å². The Morgan fingerprint density at radius 1 is 1.28 bits per heavy atom. The van der Waals surface area contributed by atoms with Crippen LogP contribution in [-0.4, -0.2) is 63.1 Å². The largest absolute Gasteiger partial charge is 0.390 e. The highest BCUT2D eigenvalue weighted by atomic mass is 35.5. The summed E-state index contributed by atoms with van der Waals surface area (Å²) in [6.45, 7) is 4.92. The van der Waals surface area contributed by atoms with E-state index in [-0.39, 0.29) is 5.75 Å². The molecule has 0 radical (unpaired) electrons. The van der Waals surface area contributed by atoms with Crippen molar-refractivity contribution in [1.82, 2.24) is 24.0 Å². The molecule has 36 heavy (non-hydrogen) atoms. The van der Waals surface area contributed by atoms with Crippen molar-refractivity contribution in [3.63, 3.8) is 0 Å². The number of likely N-dealkylation sites (tertiary alicyclic amines) is 1. The Morgan fingerprint density at radius 2 is 2.00 bits per heavy atom. The molecule has 1 aromatic carbocycles. The van der Waals surface area contributed by atoms with Crippen LogP contribution in [0.5, 0.6) is 0 Å². The van der Waals surface area contributed by atoms with Crippen LogP contribution in [0.1, 0.15) is 31.0 Å². The number of carbonyl (C=O) groups is 1. The third kappa shape index (κ3) is 6.00. The molecule has 0 unspecified atom stereocenters. The lowest BCUT2D eigenvalue weighted by Crippen LogP contribution is -2.40. The number of aliphatic hydroxyl groups is 1. The van der Waals surface area contributed by atoms with E-state index in [0.717, 1.165) is 16.7 Å². The first-order valence-corrected chi connectivity index (χ1v) is 13.6. The number of hydrogen-bond acceptors (Lipinski definition) is 6. The first-order chi connectivity index (χ1) is 16.9. The zero-order chi connectivity index (χ0) is 26.1. The number of amides is 1. The molecule has 0 atom stereocenters. The second-order valence-electron chi connectivity index (χ2n) is 9.33. The van der Waals surface area contributed by atoms with Gasteiger partial charge in [0.25, 0.3) is 5.91 Å². The standard InChI is InChI=1S/C25H30ClN5O4S/c1-18-21(24(29(3)27-18)31-13-9-19-17-20(26)5-7-22(19)31)6-8-23(32)28-36(34,35)16-4-12-30-14-10-25(2,33)11-15-30/h4-9,12-13,17,33H,10-11,14-16H2,1-3H3,(H,28,32)/b8-6+,12-4?. The number of benzene rings is 1. The normalized spacial score (nSPS) is 16.4. The highest BCUT2D eigenvalue weighted by Gasteiger charge is 2.26. The van der Waals surface area contributed by atoms with Crippen molar-refractivity contribution in [2.45, 2.75) is 32.3 Å². The third-order valence-electron chi connectivity index (χ3n) is 6.28. The summed E-state index contributed by atoms with van der Waals surface area (Å²) in [5.41, 5.74) is 1.64. The van der Waals surface area contributed by atoms with Gasteiger partial charge in [-0.25, -0.2) is 13.1 Å². The molecule has 11 heteroatoms. The number of sulfonamides is 1. The number of aromatic nitrogens is 3. The van der Waals surface area contributed by atoms with E-state index in [2.05, 4.69) is 9.82 Å². The number of rotatable bonds is 7. The third-order valence-corrected chi connectivity index (χ3v) is 7.66. The van der Waals surface area contributed by atoms with E-state index in [0.29, 0.717) is 42.2 Å². The monoisotopic (exact) mass is 531 g/mol. The average Bonchev–Trinajstić information content (AvgIpc) is 3.31. The van der Waals surface area contributed by atoms with Crippen LogP contribution in [0.2, 0.25) is 5.02 Å². The molecule has 1 fully saturated rings. The molecule has 0 aliphatic carbocycles. The van der Waals surface area contributed by atoms with Crippen LogP contribution in [0.4, 0.5) is 0 Å². The van der Waals surface area contributed by atoms with Crippen LogP contribution in [0.25, 0.3) is 22.8 Å². The Labute approximate surface area is 215 Å². The van der Waals surface area contributed by atoms with Gasteiger partial charge < -0.3 is 14.6 Å². The van der Waals surface area contributed by atoms with Crippen LogP contribution >= 0.6 is 11.6 Å². The first kappa shape index (κ1) is 26.0. The summed E-state index contributed by atoms with van der Waals surface area (Å²) in [6.07, 6.45) is 9.11. The zero-order valence-corrected chi connectivity index (χ0v) is 22.1. The van der Waals surface area contributed by atoms with Crippen LogP contribution in [0, 0.1) is 6.92 Å². The van der Waals surface area contributed by atoms with E-state index < -0.39 is 21.5 Å². The van der Waals surface area contributed by atoms with E-state index in [9.17, 15) is 18.3 Å². The molecule has 2 N–H and O–H groups in total. The van der Waals surface area contributed by atoms with Crippen molar-refractivity contribution in [3.05, 3.63) is 65.1 Å². The molecule has 0 saturated carbocycles. The molecule has 2 aromatic heterocycles. The SMILES string of the molecule is Cc1nn(C)c(-n2ccc3cc(Cl)ccc32)c1/C=C/C(=O)NS(=O)(=O)CC=CN1CCC(C)(O)CC1. The van der Waals surface area contributed by atoms with Gasteiger partial charge in [-0.1, -0.05) is 17.7 Å². The minimum absolute atomic E-state index is 0.325. The van der Waals surface area contributed by atoms with Gasteiger partial charge >= 0.3 is 0 Å². The van der Waals surface area contributed by atoms with Gasteiger partial charge in [0.15, 0.2) is 0 Å². The lowest BCUT2D eigenvalue weighted by Gasteiger charge is -2.35. The number of fused-ring (bicyclic) bond motifs is 1. The van der Waals surface area contributed by atoms with Gasteiger partial charge in [0.1, 0.15) is 5.82 Å². The molecule has 1 aliphatic heterocycles. The number of nitrogens with zero attached hydrogens (tertiary/aromatic N) is 4. The summed E-state index contributed by atoms with van der Waals surface area (Å²) in [5, 5.41) is 16.1. The molecule has 3 aromatic rings. The molecule has 3 heterocycles. The summed E-state index contributed by atoms with van der Waals surface area (Å²) < 4.78 is 30.5. The topological polar surface area (TPSA) is 109 Å². The predicted octanol–water partition coefficient (Wildman–Crippen LogP) is 3.15. The van der Waals surface area contributed by atoms with Gasteiger partial charge in [-0.05, 0) is 63.2 Å². The maximum Gasteiger partial charge on any atom is 0.257 e. The summed E-state index contributed by atoms with van der Waals surface area (Å²) in [6, 6.07) is 7.53. The average molecular weight is 532 g/mol.